The summed E-state index contributed by atoms with van der Waals surface area (Å²) < 4.78 is 0. The van der Waals surface area contributed by atoms with E-state index in [9.17, 15) is 5.11 Å². The Morgan fingerprint density at radius 2 is 0.358 bits per heavy atom. The van der Waals surface area contributed by atoms with E-state index in [0.717, 1.165) is 12.8 Å². The van der Waals surface area contributed by atoms with Crippen molar-refractivity contribution in [2.75, 3.05) is 6.61 Å². The van der Waals surface area contributed by atoms with Crippen LogP contribution in [0.3, 0.4) is 0 Å². The van der Waals surface area contributed by atoms with Gasteiger partial charge in [0, 0.05) is 0 Å². The predicted octanol–water partition coefficient (Wildman–Crippen LogP) is 18.1. The Balaban J connectivity index is 3.06. The third-order valence-corrected chi connectivity index (χ3v) is 12.4. The second-order valence-electron chi connectivity index (χ2n) is 17.9. The van der Waals surface area contributed by atoms with E-state index in [0.29, 0.717) is 0 Å². The van der Waals surface area contributed by atoms with Crippen LogP contribution in [-0.2, 0) is 0 Å². The summed E-state index contributed by atoms with van der Waals surface area (Å²) in [4.78, 5) is 0. The lowest BCUT2D eigenvalue weighted by Crippen LogP contribution is -2.10. The lowest BCUT2D eigenvalue weighted by molar-refractivity contribution is 0.0860. The van der Waals surface area contributed by atoms with E-state index in [-0.39, 0.29) is 6.61 Å². The number of rotatable bonds is 49. The van der Waals surface area contributed by atoms with Gasteiger partial charge in [-0.15, -0.1) is 0 Å². The van der Waals surface area contributed by atoms with Crippen molar-refractivity contribution in [2.45, 2.75) is 321 Å². The molecule has 0 saturated heterocycles. The molecule has 1 atom stereocenters. The summed E-state index contributed by atoms with van der Waals surface area (Å²) >= 11 is 0. The van der Waals surface area contributed by atoms with Crippen molar-refractivity contribution >= 4 is 0 Å². The average molecular weight is 749 g/mol. The molecule has 0 heterocycles. The van der Waals surface area contributed by atoms with Crippen LogP contribution in [0, 0.1) is 0 Å². The van der Waals surface area contributed by atoms with Crippen LogP contribution in [0.4, 0.5) is 0 Å². The summed E-state index contributed by atoms with van der Waals surface area (Å²) in [5, 5.41) is 18.2. The zero-order valence-electron chi connectivity index (χ0n) is 37.1. The van der Waals surface area contributed by atoms with Crippen molar-refractivity contribution in [1.82, 2.24) is 0 Å². The Kier molecular flexibility index (Phi) is 49.9. The third-order valence-electron chi connectivity index (χ3n) is 12.4. The van der Waals surface area contributed by atoms with Crippen LogP contribution >= 0.6 is 0 Å². The minimum absolute atomic E-state index is 0.0835. The smallest absolute Gasteiger partial charge is 0.0770 e. The molecule has 0 aliphatic rings. The second kappa shape index (κ2) is 49.9. The number of hydrogen-bond acceptors (Lipinski definition) is 2. The van der Waals surface area contributed by atoms with Gasteiger partial charge >= 0.3 is 0 Å². The van der Waals surface area contributed by atoms with Gasteiger partial charge in [-0.3, -0.25) is 0 Å². The molecule has 2 heteroatoms. The molecule has 0 aromatic carbocycles. The van der Waals surface area contributed by atoms with Gasteiger partial charge in [0.15, 0.2) is 0 Å². The van der Waals surface area contributed by atoms with Gasteiger partial charge in [-0.25, -0.2) is 0 Å². The maximum Gasteiger partial charge on any atom is 0.0770 e. The standard InChI is InChI=1S/C51H104O2/c1-2-3-4-5-6-7-8-9-10-11-12-13-14-15-16-17-18-19-20-21-22-23-24-25-26-27-28-29-30-31-32-33-34-35-36-37-38-39-40-41-42-43-44-45-46-47-48-49-51(53)50-52/h51-53H,2-50H2,1H3. The van der Waals surface area contributed by atoms with Crippen molar-refractivity contribution in [3.63, 3.8) is 0 Å². The molecule has 320 valence electrons. The number of unbranched alkanes of at least 4 members (excludes halogenated alkanes) is 46. The van der Waals surface area contributed by atoms with Crippen LogP contribution in [0.15, 0.2) is 0 Å². The summed E-state index contributed by atoms with van der Waals surface area (Å²) in [6.07, 6.45) is 68.4. The molecule has 0 amide bonds. The van der Waals surface area contributed by atoms with Gasteiger partial charge in [0.05, 0.1) is 12.7 Å². The molecule has 0 aromatic heterocycles. The molecule has 0 radical (unpaired) electrons. The zero-order chi connectivity index (χ0) is 38.2. The molecule has 0 fully saturated rings. The van der Waals surface area contributed by atoms with Crippen molar-refractivity contribution in [1.29, 1.82) is 0 Å². The third kappa shape index (κ3) is 49.9. The van der Waals surface area contributed by atoms with E-state index < -0.39 is 6.10 Å². The predicted molar refractivity (Wildman–Crippen MR) is 240 cm³/mol. The molecule has 0 aliphatic heterocycles. The molecule has 53 heavy (non-hydrogen) atoms. The largest absolute Gasteiger partial charge is 0.394 e. The highest BCUT2D eigenvalue weighted by Crippen LogP contribution is 2.18. The number of aliphatic hydroxyl groups excluding tert-OH is 2. The Morgan fingerprint density at radius 3 is 0.491 bits per heavy atom. The summed E-state index contributed by atoms with van der Waals surface area (Å²) in [5.74, 6) is 0. The Labute approximate surface area is 337 Å². The fourth-order valence-corrected chi connectivity index (χ4v) is 8.50. The lowest BCUT2D eigenvalue weighted by atomic mass is 10.0. The summed E-state index contributed by atoms with van der Waals surface area (Å²) in [6, 6.07) is 0. The normalized spacial score (nSPS) is 12.3. The van der Waals surface area contributed by atoms with E-state index >= 15 is 0 Å². The molecule has 0 rings (SSSR count). The molecule has 0 saturated carbocycles. The molecule has 1 unspecified atom stereocenters. The van der Waals surface area contributed by atoms with Crippen LogP contribution < -0.4 is 0 Å². The molecule has 0 aliphatic carbocycles. The summed E-state index contributed by atoms with van der Waals surface area (Å²) in [5.41, 5.74) is 0. The van der Waals surface area contributed by atoms with Gasteiger partial charge < -0.3 is 10.2 Å². The maximum absolute atomic E-state index is 9.36. The summed E-state index contributed by atoms with van der Waals surface area (Å²) in [6.45, 7) is 2.23. The molecule has 0 spiro atoms. The number of aliphatic hydroxyl groups is 2. The van der Waals surface area contributed by atoms with E-state index in [2.05, 4.69) is 6.92 Å². The lowest BCUT2D eigenvalue weighted by Gasteiger charge is -2.06. The van der Waals surface area contributed by atoms with E-state index in [1.807, 2.05) is 0 Å². The first kappa shape index (κ1) is 52.9. The van der Waals surface area contributed by atoms with Crippen LogP contribution in [-0.4, -0.2) is 22.9 Å². The zero-order valence-corrected chi connectivity index (χ0v) is 37.1. The van der Waals surface area contributed by atoms with E-state index in [4.69, 9.17) is 5.11 Å². The minimum Gasteiger partial charge on any atom is -0.394 e. The van der Waals surface area contributed by atoms with Gasteiger partial charge in [-0.2, -0.15) is 0 Å². The quantitative estimate of drug-likeness (QED) is 0.0608. The fraction of sp³-hybridized carbons (Fsp3) is 1.00. The van der Waals surface area contributed by atoms with Gasteiger partial charge in [0.25, 0.3) is 0 Å². The first-order valence-corrected chi connectivity index (χ1v) is 25.6. The van der Waals surface area contributed by atoms with Crippen molar-refractivity contribution in [3.8, 4) is 0 Å². The Bertz CT molecular complexity index is 605. The minimum atomic E-state index is -0.498. The highest BCUT2D eigenvalue weighted by atomic mass is 16.3. The maximum atomic E-state index is 9.36. The molecule has 0 bridgehead atoms. The van der Waals surface area contributed by atoms with Crippen molar-refractivity contribution in [2.24, 2.45) is 0 Å². The summed E-state index contributed by atoms with van der Waals surface area (Å²) in [7, 11) is 0. The van der Waals surface area contributed by atoms with Gasteiger partial charge in [-0.1, -0.05) is 309 Å². The van der Waals surface area contributed by atoms with Gasteiger partial charge in [0.2, 0.25) is 0 Å². The molecule has 2 N–H and O–H groups in total. The van der Waals surface area contributed by atoms with Crippen molar-refractivity contribution in [3.05, 3.63) is 0 Å². The molecule has 0 aromatic rings. The van der Waals surface area contributed by atoms with Crippen LogP contribution in [0.5, 0.6) is 0 Å². The molecular weight excluding hydrogens is 645 g/mol. The van der Waals surface area contributed by atoms with E-state index in [1.54, 1.807) is 0 Å². The van der Waals surface area contributed by atoms with Crippen LogP contribution in [0.1, 0.15) is 315 Å². The number of hydrogen-bond donors (Lipinski definition) is 2. The highest BCUT2D eigenvalue weighted by molar-refractivity contribution is 4.56. The topological polar surface area (TPSA) is 40.5 Å². The fourth-order valence-electron chi connectivity index (χ4n) is 8.50. The van der Waals surface area contributed by atoms with Crippen LogP contribution in [0.2, 0.25) is 0 Å². The van der Waals surface area contributed by atoms with Gasteiger partial charge in [0.1, 0.15) is 0 Å². The first-order chi connectivity index (χ1) is 26.3. The Morgan fingerprint density at radius 1 is 0.226 bits per heavy atom. The first-order valence-electron chi connectivity index (χ1n) is 25.6. The Hall–Kier alpha value is -0.0800. The van der Waals surface area contributed by atoms with E-state index in [1.165, 1.54) is 295 Å². The highest BCUT2D eigenvalue weighted by Gasteiger charge is 2.01. The average Bonchev–Trinajstić information content (AvgIpc) is 3.17. The second-order valence-corrected chi connectivity index (χ2v) is 17.9. The van der Waals surface area contributed by atoms with Crippen LogP contribution in [0.25, 0.3) is 0 Å². The molecule has 2 nitrogen and oxygen atoms in total. The SMILES string of the molecule is CCCCCCCCCCCCCCCCCCCCCCCCCCCCCCCCCCCCCCCCCCCCCCCCCC(O)CO. The van der Waals surface area contributed by atoms with Crippen molar-refractivity contribution < 1.29 is 10.2 Å². The monoisotopic (exact) mass is 749 g/mol. The molecular formula is C51H104O2. The van der Waals surface area contributed by atoms with Gasteiger partial charge in [-0.05, 0) is 6.42 Å².